The van der Waals surface area contributed by atoms with Crippen LogP contribution < -0.4 is 15.1 Å². The Hall–Kier alpha value is -4.84. The molecule has 0 saturated carbocycles. The number of benzene rings is 5. The number of para-hydroxylation sites is 1. The van der Waals surface area contributed by atoms with Gasteiger partial charge in [0.1, 0.15) is 11.5 Å². The van der Waals surface area contributed by atoms with E-state index in [1.807, 2.05) is 18.2 Å². The lowest BCUT2D eigenvalue weighted by Crippen LogP contribution is -2.31. The third kappa shape index (κ3) is 4.08. The number of hydrogen-bond acceptors (Lipinski definition) is 4. The van der Waals surface area contributed by atoms with Gasteiger partial charge in [0.05, 0.1) is 11.6 Å². The molecule has 5 aromatic carbocycles. The van der Waals surface area contributed by atoms with E-state index in [4.69, 9.17) is 4.74 Å². The molecule has 1 atom stereocenters. The molecule has 1 heterocycles. The predicted octanol–water partition coefficient (Wildman–Crippen LogP) is 7.83. The van der Waals surface area contributed by atoms with E-state index in [1.165, 1.54) is 27.8 Å². The Morgan fingerprint density at radius 3 is 2.23 bits per heavy atom. The van der Waals surface area contributed by atoms with Gasteiger partial charge in [0.25, 0.3) is 0 Å². The number of ether oxygens (including phenoxy) is 1. The Morgan fingerprint density at radius 1 is 0.727 bits per heavy atom. The molecule has 2 aliphatic carbocycles. The zero-order valence-electron chi connectivity index (χ0n) is 24.7. The molecular weight excluding hydrogens is 541 g/mol. The van der Waals surface area contributed by atoms with Gasteiger partial charge in [-0.05, 0) is 70.1 Å². The second-order valence-corrected chi connectivity index (χ2v) is 12.3. The average Bonchev–Trinajstić information content (AvgIpc) is 3.55. The van der Waals surface area contributed by atoms with Gasteiger partial charge in [0.2, 0.25) is 0 Å². The lowest BCUT2D eigenvalue weighted by atomic mass is 9.77. The minimum atomic E-state index is -1.61. The molecule has 0 radical (unpaired) electrons. The van der Waals surface area contributed by atoms with Crippen molar-refractivity contribution in [1.82, 2.24) is 0 Å². The number of rotatable bonds is 5. The second-order valence-electron chi connectivity index (χ2n) is 12.3. The molecule has 1 unspecified atom stereocenters. The maximum absolute atomic E-state index is 10.1. The van der Waals surface area contributed by atoms with E-state index in [9.17, 15) is 10.0 Å². The third-order valence-electron chi connectivity index (χ3n) is 9.46. The van der Waals surface area contributed by atoms with Crippen molar-refractivity contribution in [2.45, 2.75) is 31.6 Å². The minimum absolute atomic E-state index is 0.00934. The number of fused-ring (bicyclic) bond motifs is 6. The van der Waals surface area contributed by atoms with Gasteiger partial charge in [0, 0.05) is 27.8 Å². The van der Waals surface area contributed by atoms with Crippen LogP contribution in [0, 0.1) is 0 Å². The monoisotopic (exact) mass is 573 g/mol. The predicted molar refractivity (Wildman–Crippen MR) is 178 cm³/mol. The zero-order valence-corrected chi connectivity index (χ0v) is 24.7. The summed E-state index contributed by atoms with van der Waals surface area (Å²) in [4.78, 5) is 2.28. The molecule has 5 heteroatoms. The average molecular weight is 574 g/mol. The molecular formula is C39H32BNO3. The van der Waals surface area contributed by atoms with Crippen molar-refractivity contribution < 1.29 is 14.8 Å². The van der Waals surface area contributed by atoms with Crippen LogP contribution in [0.4, 0.5) is 11.4 Å². The standard InChI is InChI=1S/C39H32BNO3/c1-39(2)33-15-7-6-12-29(33)30-23-22-28(24-34(30)39)41(27-20-18-26(19-21-27)25-10-4-3-5-11-25)36-17-9-14-32-31-13-8-16-35(40(42)43)37(31)44-38(32)36/h3-13,15-24,32,42-43H,14H2,1-2H3. The number of anilines is 2. The van der Waals surface area contributed by atoms with Gasteiger partial charge in [-0.15, -0.1) is 0 Å². The first-order valence-electron chi connectivity index (χ1n) is 15.2. The minimum Gasteiger partial charge on any atom is -0.459 e. The van der Waals surface area contributed by atoms with Crippen LogP contribution >= 0.6 is 0 Å². The molecule has 0 amide bonds. The first-order valence-corrected chi connectivity index (χ1v) is 15.2. The summed E-state index contributed by atoms with van der Waals surface area (Å²) in [6.45, 7) is 4.61. The summed E-state index contributed by atoms with van der Waals surface area (Å²) < 4.78 is 6.58. The zero-order chi connectivity index (χ0) is 30.0. The van der Waals surface area contributed by atoms with Gasteiger partial charge in [-0.3, -0.25) is 0 Å². The Kier molecular flexibility index (Phi) is 6.16. The summed E-state index contributed by atoms with van der Waals surface area (Å²) in [6.07, 6.45) is 5.12. The third-order valence-corrected chi connectivity index (χ3v) is 9.46. The molecule has 1 aliphatic heterocycles. The molecule has 0 fully saturated rings. The Morgan fingerprint density at radius 2 is 1.43 bits per heavy atom. The summed E-state index contributed by atoms with van der Waals surface area (Å²) in [5, 5.41) is 20.2. The van der Waals surface area contributed by atoms with Gasteiger partial charge >= 0.3 is 7.12 Å². The molecule has 5 aromatic rings. The summed E-state index contributed by atoms with van der Waals surface area (Å²) in [5.41, 5.74) is 11.8. The molecule has 0 aromatic heterocycles. The van der Waals surface area contributed by atoms with E-state index in [0.29, 0.717) is 11.2 Å². The van der Waals surface area contributed by atoms with E-state index in [-0.39, 0.29) is 11.3 Å². The van der Waals surface area contributed by atoms with Crippen LogP contribution in [0.25, 0.3) is 22.3 Å². The van der Waals surface area contributed by atoms with Crippen molar-refractivity contribution in [3.05, 3.63) is 156 Å². The van der Waals surface area contributed by atoms with Crippen LogP contribution in [0.1, 0.15) is 42.9 Å². The van der Waals surface area contributed by atoms with Crippen molar-refractivity contribution in [3.63, 3.8) is 0 Å². The second kappa shape index (κ2) is 10.1. The van der Waals surface area contributed by atoms with Crippen LogP contribution in [0.3, 0.4) is 0 Å². The van der Waals surface area contributed by atoms with Gasteiger partial charge in [-0.2, -0.15) is 0 Å². The molecule has 44 heavy (non-hydrogen) atoms. The molecule has 3 aliphatic rings. The molecule has 2 N–H and O–H groups in total. The lowest BCUT2D eigenvalue weighted by Gasteiger charge is -2.31. The van der Waals surface area contributed by atoms with Crippen molar-refractivity contribution in [3.8, 4) is 28.0 Å². The maximum atomic E-state index is 10.1. The highest BCUT2D eigenvalue weighted by Crippen LogP contribution is 2.52. The fourth-order valence-corrected chi connectivity index (χ4v) is 7.23. The van der Waals surface area contributed by atoms with E-state index in [1.54, 1.807) is 6.07 Å². The van der Waals surface area contributed by atoms with Gasteiger partial charge in [-0.1, -0.05) is 111 Å². The summed E-state index contributed by atoms with van der Waals surface area (Å²) in [7, 11) is -1.61. The fraction of sp³-hybridized carbons (Fsp3) is 0.128. The van der Waals surface area contributed by atoms with Crippen LogP contribution in [0.5, 0.6) is 5.75 Å². The summed E-state index contributed by atoms with van der Waals surface area (Å²) >= 11 is 0. The van der Waals surface area contributed by atoms with E-state index in [0.717, 1.165) is 40.4 Å². The molecule has 214 valence electrons. The highest BCUT2D eigenvalue weighted by atomic mass is 16.5. The number of hydrogen-bond donors (Lipinski definition) is 2. The quantitative estimate of drug-likeness (QED) is 0.211. The lowest BCUT2D eigenvalue weighted by molar-refractivity contribution is 0.407. The number of nitrogens with zero attached hydrogens (tertiary/aromatic N) is 1. The van der Waals surface area contributed by atoms with Crippen molar-refractivity contribution in [2.24, 2.45) is 0 Å². The molecule has 0 spiro atoms. The Balaban J connectivity index is 1.30. The SMILES string of the molecule is CC1(C)c2ccccc2-c2ccc(N(C3=C4Oc5c(B(O)O)cccc5C4CC=C3)c3ccc(-c4ccccc4)cc3)cc21. The summed E-state index contributed by atoms with van der Waals surface area (Å²) in [5.74, 6) is 1.37. The van der Waals surface area contributed by atoms with Gasteiger partial charge in [-0.25, -0.2) is 0 Å². The summed E-state index contributed by atoms with van der Waals surface area (Å²) in [6, 6.07) is 40.2. The van der Waals surface area contributed by atoms with Crippen LogP contribution in [0.15, 0.2) is 139 Å². The van der Waals surface area contributed by atoms with Crippen molar-refractivity contribution in [2.75, 3.05) is 4.90 Å². The molecule has 0 saturated heterocycles. The van der Waals surface area contributed by atoms with Crippen LogP contribution in [-0.4, -0.2) is 17.2 Å². The molecule has 4 nitrogen and oxygen atoms in total. The topological polar surface area (TPSA) is 52.9 Å². The van der Waals surface area contributed by atoms with E-state index >= 15 is 0 Å². The van der Waals surface area contributed by atoms with Crippen molar-refractivity contribution >= 4 is 24.0 Å². The van der Waals surface area contributed by atoms with E-state index in [2.05, 4.69) is 122 Å². The number of allylic oxidation sites excluding steroid dienone is 3. The highest BCUT2D eigenvalue weighted by Gasteiger charge is 2.39. The largest absolute Gasteiger partial charge is 0.492 e. The van der Waals surface area contributed by atoms with Gasteiger partial charge < -0.3 is 19.7 Å². The molecule has 0 bridgehead atoms. The van der Waals surface area contributed by atoms with Crippen molar-refractivity contribution in [1.29, 1.82) is 0 Å². The van der Waals surface area contributed by atoms with E-state index < -0.39 is 7.12 Å². The normalized spacial score (nSPS) is 17.0. The Labute approximate surface area is 258 Å². The van der Waals surface area contributed by atoms with Gasteiger partial charge in [0.15, 0.2) is 0 Å². The Bertz CT molecular complexity index is 1980. The first kappa shape index (κ1) is 26.8. The first-order chi connectivity index (χ1) is 21.4. The fourth-order valence-electron chi connectivity index (χ4n) is 7.23. The highest BCUT2D eigenvalue weighted by molar-refractivity contribution is 6.59. The van der Waals surface area contributed by atoms with Crippen LogP contribution in [-0.2, 0) is 5.41 Å². The molecule has 8 rings (SSSR count). The van der Waals surface area contributed by atoms with Crippen LogP contribution in [0.2, 0.25) is 0 Å². The smallest absolute Gasteiger partial charge is 0.459 e. The maximum Gasteiger partial charge on any atom is 0.492 e.